The number of nitrogens with zero attached hydrogens (tertiary/aromatic N) is 3. The van der Waals surface area contributed by atoms with Crippen molar-refractivity contribution in [2.24, 2.45) is 5.10 Å². The van der Waals surface area contributed by atoms with Gasteiger partial charge >= 0.3 is 6.09 Å². The minimum Gasteiger partial charge on any atom is -0.463 e. The fraction of sp³-hybridized carbons (Fsp3) is 0.444. The van der Waals surface area contributed by atoms with Crippen LogP contribution in [0.4, 0.5) is 4.79 Å². The number of hydrogen-bond donors (Lipinski definition) is 2. The van der Waals surface area contributed by atoms with E-state index in [0.717, 1.165) is 16.8 Å². The molecule has 10 heteroatoms. The molecular formula is C18H24N4O5S. The molecule has 0 aromatic heterocycles. The van der Waals surface area contributed by atoms with Gasteiger partial charge in [0.05, 0.1) is 12.1 Å². The summed E-state index contributed by atoms with van der Waals surface area (Å²) in [5.74, 6) is -0.752. The lowest BCUT2D eigenvalue weighted by Gasteiger charge is -2.39. The fourth-order valence-electron chi connectivity index (χ4n) is 2.66. The second kappa shape index (κ2) is 8.19. The standard InChI is InChI=1S/C18H24N4O5S/c1-12(23)19-15-20-22(13(2)24)18(28-15,14-9-7-6-8-10-14)11-21(16(25)26)27-17(3,4)5/h6-10H,11H2,1-5H3,(H,25,26)(H,19,20,23). The van der Waals surface area contributed by atoms with Gasteiger partial charge in [0.1, 0.15) is 0 Å². The zero-order valence-electron chi connectivity index (χ0n) is 16.4. The molecule has 0 aliphatic carbocycles. The van der Waals surface area contributed by atoms with Crippen molar-refractivity contribution in [2.45, 2.75) is 45.1 Å². The van der Waals surface area contributed by atoms with Crippen molar-refractivity contribution in [1.29, 1.82) is 0 Å². The molecule has 0 fully saturated rings. The van der Waals surface area contributed by atoms with Gasteiger partial charge in [-0.15, -0.1) is 5.10 Å². The normalized spacial score (nSPS) is 19.2. The van der Waals surface area contributed by atoms with E-state index in [2.05, 4.69) is 10.4 Å². The summed E-state index contributed by atoms with van der Waals surface area (Å²) < 4.78 is 0. The molecule has 1 aliphatic heterocycles. The minimum absolute atomic E-state index is 0.202. The van der Waals surface area contributed by atoms with Crippen molar-refractivity contribution >= 4 is 34.8 Å². The maximum atomic E-state index is 12.4. The Balaban J connectivity index is 2.54. The number of carboxylic acid groups (broad SMARTS) is 1. The van der Waals surface area contributed by atoms with Crippen molar-refractivity contribution in [2.75, 3.05) is 6.54 Å². The first-order chi connectivity index (χ1) is 12.9. The molecule has 1 aromatic carbocycles. The van der Waals surface area contributed by atoms with Gasteiger partial charge in [0.2, 0.25) is 11.8 Å². The van der Waals surface area contributed by atoms with Crippen LogP contribution in [0.2, 0.25) is 0 Å². The van der Waals surface area contributed by atoms with E-state index in [4.69, 9.17) is 4.84 Å². The highest BCUT2D eigenvalue weighted by molar-refractivity contribution is 8.14. The molecule has 0 saturated carbocycles. The van der Waals surface area contributed by atoms with Gasteiger partial charge in [-0.05, 0) is 38.1 Å². The molecule has 2 N–H and O–H groups in total. The first-order valence-corrected chi connectivity index (χ1v) is 9.37. The molecule has 152 valence electrons. The van der Waals surface area contributed by atoms with Crippen LogP contribution in [0.25, 0.3) is 0 Å². The van der Waals surface area contributed by atoms with Crippen LogP contribution in [0.5, 0.6) is 0 Å². The molecule has 0 radical (unpaired) electrons. The van der Waals surface area contributed by atoms with Crippen LogP contribution >= 0.6 is 11.8 Å². The number of rotatable bonds is 4. The number of nitrogens with one attached hydrogen (secondary N) is 1. The summed E-state index contributed by atoms with van der Waals surface area (Å²) in [5.41, 5.74) is -0.134. The molecular weight excluding hydrogens is 384 g/mol. The Morgan fingerprint density at radius 2 is 1.86 bits per heavy atom. The average Bonchev–Trinajstić information content (AvgIpc) is 2.92. The number of hydrogen-bond acceptors (Lipinski definition) is 6. The second-order valence-corrected chi connectivity index (χ2v) is 8.46. The Labute approximate surface area is 167 Å². The van der Waals surface area contributed by atoms with Crippen LogP contribution in [-0.2, 0) is 19.3 Å². The Kier molecular flexibility index (Phi) is 6.35. The maximum absolute atomic E-state index is 12.4. The molecule has 3 amide bonds. The number of benzene rings is 1. The molecule has 28 heavy (non-hydrogen) atoms. The van der Waals surface area contributed by atoms with Crippen LogP contribution in [0.15, 0.2) is 35.4 Å². The third kappa shape index (κ3) is 5.02. The number of thioether (sulfide) groups is 1. The largest absolute Gasteiger partial charge is 0.463 e. The van der Waals surface area contributed by atoms with E-state index in [1.54, 1.807) is 45.0 Å². The van der Waals surface area contributed by atoms with Gasteiger partial charge in [0.25, 0.3) is 0 Å². The summed E-state index contributed by atoms with van der Waals surface area (Å²) >= 11 is 1.09. The van der Waals surface area contributed by atoms with E-state index in [9.17, 15) is 19.5 Å². The molecule has 1 aromatic rings. The Morgan fingerprint density at radius 3 is 2.32 bits per heavy atom. The van der Waals surface area contributed by atoms with Gasteiger partial charge in [0, 0.05) is 13.8 Å². The minimum atomic E-state index is -1.30. The van der Waals surface area contributed by atoms with E-state index in [1.807, 2.05) is 6.07 Å². The Hall–Kier alpha value is -2.59. The fourth-order valence-corrected chi connectivity index (χ4v) is 3.98. The molecule has 1 heterocycles. The summed E-state index contributed by atoms with van der Waals surface area (Å²) in [6.07, 6.45) is -1.30. The Bertz CT molecular complexity index is 793. The first-order valence-electron chi connectivity index (χ1n) is 8.56. The van der Waals surface area contributed by atoms with Crippen molar-refractivity contribution in [3.8, 4) is 0 Å². The number of hydrazone groups is 1. The molecule has 2 rings (SSSR count). The summed E-state index contributed by atoms with van der Waals surface area (Å²) in [7, 11) is 0. The zero-order chi connectivity index (χ0) is 21.1. The van der Waals surface area contributed by atoms with Gasteiger partial charge in [-0.3, -0.25) is 14.4 Å². The van der Waals surface area contributed by atoms with Crippen molar-refractivity contribution < 1.29 is 24.3 Å². The molecule has 9 nitrogen and oxygen atoms in total. The number of hydroxylamine groups is 2. The highest BCUT2D eigenvalue weighted by Gasteiger charge is 2.50. The van der Waals surface area contributed by atoms with Gasteiger partial charge in [-0.2, -0.15) is 5.06 Å². The summed E-state index contributed by atoms with van der Waals surface area (Å²) in [6.45, 7) is 7.61. The lowest BCUT2D eigenvalue weighted by Crippen LogP contribution is -2.51. The number of amides is 3. The molecule has 0 saturated heterocycles. The van der Waals surface area contributed by atoms with E-state index >= 15 is 0 Å². The topological polar surface area (TPSA) is 112 Å². The van der Waals surface area contributed by atoms with Crippen molar-refractivity contribution in [3.63, 3.8) is 0 Å². The molecule has 0 spiro atoms. The lowest BCUT2D eigenvalue weighted by molar-refractivity contribution is -0.211. The maximum Gasteiger partial charge on any atom is 0.431 e. The summed E-state index contributed by atoms with van der Waals surface area (Å²) in [5, 5.41) is 18.6. The monoisotopic (exact) mass is 408 g/mol. The van der Waals surface area contributed by atoms with Crippen molar-refractivity contribution in [3.05, 3.63) is 35.9 Å². The van der Waals surface area contributed by atoms with E-state index < -0.39 is 22.5 Å². The first kappa shape index (κ1) is 21.7. The number of carbonyl (C=O) groups excluding carboxylic acids is 2. The van der Waals surface area contributed by atoms with Crippen LogP contribution in [0.3, 0.4) is 0 Å². The molecule has 1 atom stereocenters. The van der Waals surface area contributed by atoms with Gasteiger partial charge in [-0.1, -0.05) is 30.3 Å². The summed E-state index contributed by atoms with van der Waals surface area (Å²) in [6, 6.07) is 8.91. The highest BCUT2D eigenvalue weighted by Crippen LogP contribution is 2.46. The third-order valence-corrected chi connectivity index (χ3v) is 4.81. The van der Waals surface area contributed by atoms with E-state index in [1.165, 1.54) is 18.9 Å². The van der Waals surface area contributed by atoms with Gasteiger partial charge < -0.3 is 10.4 Å². The van der Waals surface area contributed by atoms with E-state index in [0.29, 0.717) is 5.56 Å². The summed E-state index contributed by atoms with van der Waals surface area (Å²) in [4.78, 5) is 40.1. The molecule has 1 aliphatic rings. The third-order valence-electron chi connectivity index (χ3n) is 3.56. The number of carbonyl (C=O) groups is 3. The lowest BCUT2D eigenvalue weighted by atomic mass is 10.1. The van der Waals surface area contributed by atoms with Gasteiger partial charge in [0.15, 0.2) is 10.0 Å². The molecule has 0 bridgehead atoms. The second-order valence-electron chi connectivity index (χ2n) is 7.19. The Morgan fingerprint density at radius 1 is 1.25 bits per heavy atom. The zero-order valence-corrected chi connectivity index (χ0v) is 17.2. The van der Waals surface area contributed by atoms with Crippen LogP contribution in [-0.4, -0.2) is 50.4 Å². The molecule has 1 unspecified atom stereocenters. The quantitative estimate of drug-likeness (QED) is 0.741. The number of amidine groups is 1. The SMILES string of the molecule is CC(=O)NC1=NN(C(C)=O)C(CN(OC(C)(C)C)C(=O)O)(c2ccccc2)S1. The van der Waals surface area contributed by atoms with Crippen LogP contribution in [0, 0.1) is 0 Å². The van der Waals surface area contributed by atoms with Crippen molar-refractivity contribution in [1.82, 2.24) is 15.4 Å². The van der Waals surface area contributed by atoms with Crippen LogP contribution in [0.1, 0.15) is 40.2 Å². The van der Waals surface area contributed by atoms with Gasteiger partial charge in [-0.25, -0.2) is 9.80 Å². The predicted octanol–water partition coefficient (Wildman–Crippen LogP) is 2.55. The predicted molar refractivity (Wildman–Crippen MR) is 105 cm³/mol. The van der Waals surface area contributed by atoms with E-state index in [-0.39, 0.29) is 17.6 Å². The smallest absolute Gasteiger partial charge is 0.431 e. The van der Waals surface area contributed by atoms with Crippen LogP contribution < -0.4 is 5.32 Å². The highest BCUT2D eigenvalue weighted by atomic mass is 32.2. The average molecular weight is 408 g/mol.